The Bertz CT molecular complexity index is 909. The zero-order valence-corrected chi connectivity index (χ0v) is 15.6. The molecule has 1 saturated heterocycles. The Morgan fingerprint density at radius 3 is 2.54 bits per heavy atom. The summed E-state index contributed by atoms with van der Waals surface area (Å²) in [4.78, 5) is 10.5. The van der Waals surface area contributed by atoms with Crippen molar-refractivity contribution in [3.05, 3.63) is 41.1 Å². The molecular weight excluding hydrogens is 367 g/mol. The minimum absolute atomic E-state index is 0.0689. The van der Waals surface area contributed by atoms with Crippen molar-refractivity contribution in [2.75, 3.05) is 17.2 Å². The van der Waals surface area contributed by atoms with Gasteiger partial charge in [0.25, 0.3) is 0 Å². The van der Waals surface area contributed by atoms with Gasteiger partial charge >= 0.3 is 6.18 Å². The highest BCUT2D eigenvalue weighted by Gasteiger charge is 2.42. The number of fused-ring (bicyclic) bond motifs is 5. The first kappa shape index (κ1) is 17.7. The molecule has 0 spiro atoms. The van der Waals surface area contributed by atoms with Crippen molar-refractivity contribution in [1.82, 2.24) is 14.9 Å². The molecule has 2 fully saturated rings. The molecule has 0 radical (unpaired) electrons. The highest BCUT2D eigenvalue weighted by atomic mass is 19.4. The van der Waals surface area contributed by atoms with Crippen LogP contribution in [0.3, 0.4) is 0 Å². The Kier molecular flexibility index (Phi) is 4.01. The number of rotatable bonds is 5. The van der Waals surface area contributed by atoms with Gasteiger partial charge in [-0.2, -0.15) is 18.2 Å². The molecule has 1 aromatic heterocycles. The van der Waals surface area contributed by atoms with Crippen LogP contribution >= 0.6 is 0 Å². The number of nitrogens with zero attached hydrogens (tertiary/aromatic N) is 3. The average Bonchev–Trinajstić information content (AvgIpc) is 3.29. The van der Waals surface area contributed by atoms with Crippen LogP contribution in [0.5, 0.6) is 0 Å². The standard InChI is InChI=1S/C20H22F3N5/c1-2-28-16-7-8-17(28)14-9-12(5-6-13(14)16)26-19-24-10-15(20(21,22)23)18(27-19)25-11-3-4-11/h5-6,9-11,16-17H,2-4,7-8H2,1H3,(H2,24,25,26,27). The summed E-state index contributed by atoms with van der Waals surface area (Å²) in [5.74, 6) is 0.0245. The topological polar surface area (TPSA) is 53.1 Å². The average molecular weight is 389 g/mol. The molecule has 2 aromatic rings. The monoisotopic (exact) mass is 389 g/mol. The first-order chi connectivity index (χ1) is 13.4. The molecule has 3 aliphatic rings. The van der Waals surface area contributed by atoms with Crippen LogP contribution < -0.4 is 10.6 Å². The number of alkyl halides is 3. The van der Waals surface area contributed by atoms with Crippen LogP contribution in [-0.2, 0) is 6.18 Å². The Balaban J connectivity index is 1.42. The van der Waals surface area contributed by atoms with Crippen LogP contribution in [0.2, 0.25) is 0 Å². The summed E-state index contributed by atoms with van der Waals surface area (Å²) in [5, 5.41) is 5.97. The van der Waals surface area contributed by atoms with E-state index in [4.69, 9.17) is 0 Å². The quantitative estimate of drug-likeness (QED) is 0.752. The molecule has 2 N–H and O–H groups in total. The molecule has 2 atom stereocenters. The van der Waals surface area contributed by atoms with E-state index in [1.165, 1.54) is 17.5 Å². The number of nitrogens with one attached hydrogen (secondary N) is 2. The molecule has 2 aliphatic heterocycles. The Morgan fingerprint density at radius 1 is 1.11 bits per heavy atom. The number of aromatic nitrogens is 2. The fraction of sp³-hybridized carbons (Fsp3) is 0.500. The van der Waals surface area contributed by atoms with Gasteiger partial charge in [0.1, 0.15) is 11.4 Å². The normalized spacial score (nSPS) is 23.7. The number of hydrogen-bond donors (Lipinski definition) is 2. The molecule has 5 nitrogen and oxygen atoms in total. The van der Waals surface area contributed by atoms with Crippen molar-refractivity contribution < 1.29 is 13.2 Å². The molecule has 2 unspecified atom stereocenters. The van der Waals surface area contributed by atoms with Gasteiger partial charge in [0, 0.05) is 30.0 Å². The van der Waals surface area contributed by atoms with Crippen molar-refractivity contribution in [1.29, 1.82) is 0 Å². The maximum Gasteiger partial charge on any atom is 0.421 e. The fourth-order valence-corrected chi connectivity index (χ4v) is 4.53. The number of halogens is 3. The maximum absolute atomic E-state index is 13.2. The van der Waals surface area contributed by atoms with Crippen LogP contribution in [0.15, 0.2) is 24.4 Å². The lowest BCUT2D eigenvalue weighted by Gasteiger charge is -2.19. The Morgan fingerprint density at radius 2 is 1.86 bits per heavy atom. The van der Waals surface area contributed by atoms with E-state index in [2.05, 4.69) is 44.6 Å². The summed E-state index contributed by atoms with van der Waals surface area (Å²) in [7, 11) is 0. The van der Waals surface area contributed by atoms with Gasteiger partial charge in [-0.05, 0) is 55.5 Å². The largest absolute Gasteiger partial charge is 0.421 e. The molecular formula is C20H22F3N5. The zero-order valence-electron chi connectivity index (χ0n) is 15.6. The summed E-state index contributed by atoms with van der Waals surface area (Å²) in [6, 6.07) is 7.18. The Labute approximate surface area is 161 Å². The van der Waals surface area contributed by atoms with E-state index in [0.29, 0.717) is 12.1 Å². The molecule has 1 saturated carbocycles. The lowest BCUT2D eigenvalue weighted by molar-refractivity contribution is -0.137. The third-order valence-corrected chi connectivity index (χ3v) is 5.95. The second kappa shape index (κ2) is 6.34. The van der Waals surface area contributed by atoms with Gasteiger partial charge in [0.15, 0.2) is 0 Å². The molecule has 5 rings (SSSR count). The number of hydrogen-bond acceptors (Lipinski definition) is 5. The maximum atomic E-state index is 13.2. The third-order valence-electron chi connectivity index (χ3n) is 5.95. The smallest absolute Gasteiger partial charge is 0.367 e. The molecule has 8 heteroatoms. The summed E-state index contributed by atoms with van der Waals surface area (Å²) in [6.07, 6.45) is 0.453. The minimum atomic E-state index is -4.48. The van der Waals surface area contributed by atoms with Crippen molar-refractivity contribution in [2.45, 2.75) is 56.9 Å². The molecule has 0 amide bonds. The lowest BCUT2D eigenvalue weighted by atomic mass is 9.91. The molecule has 1 aliphatic carbocycles. The second-order valence-electron chi connectivity index (χ2n) is 7.78. The van der Waals surface area contributed by atoms with Crippen LogP contribution in [0, 0.1) is 0 Å². The van der Waals surface area contributed by atoms with Gasteiger partial charge in [0.05, 0.1) is 0 Å². The molecule has 1 aromatic carbocycles. The van der Waals surface area contributed by atoms with E-state index in [9.17, 15) is 13.2 Å². The predicted molar refractivity (Wildman–Crippen MR) is 100 cm³/mol. The van der Waals surface area contributed by atoms with Crippen molar-refractivity contribution in [3.8, 4) is 0 Å². The Hall–Kier alpha value is -2.35. The summed E-state index contributed by atoms with van der Waals surface area (Å²) in [5.41, 5.74) is 2.66. The molecule has 148 valence electrons. The van der Waals surface area contributed by atoms with E-state index >= 15 is 0 Å². The second-order valence-corrected chi connectivity index (χ2v) is 7.78. The van der Waals surface area contributed by atoms with Crippen molar-refractivity contribution >= 4 is 17.5 Å². The number of anilines is 3. The van der Waals surface area contributed by atoms with E-state index in [-0.39, 0.29) is 17.8 Å². The van der Waals surface area contributed by atoms with Crippen LogP contribution in [0.4, 0.5) is 30.6 Å². The summed E-state index contributed by atoms with van der Waals surface area (Å²) >= 11 is 0. The molecule has 3 heterocycles. The van der Waals surface area contributed by atoms with E-state index in [1.807, 2.05) is 6.07 Å². The highest BCUT2D eigenvalue weighted by molar-refractivity contribution is 5.60. The zero-order chi connectivity index (χ0) is 19.5. The van der Waals surface area contributed by atoms with Crippen LogP contribution in [0.25, 0.3) is 0 Å². The SMILES string of the molecule is CCN1C2CCC1c1cc(Nc3ncc(C(F)(F)F)c(NC4CC4)n3)ccc12. The van der Waals surface area contributed by atoms with E-state index in [1.54, 1.807) is 0 Å². The van der Waals surface area contributed by atoms with Gasteiger partial charge in [0.2, 0.25) is 5.95 Å². The first-order valence-electron chi connectivity index (χ1n) is 9.81. The van der Waals surface area contributed by atoms with Gasteiger partial charge < -0.3 is 10.6 Å². The predicted octanol–water partition coefficient (Wildman–Crippen LogP) is 5.02. The van der Waals surface area contributed by atoms with Gasteiger partial charge in [-0.3, -0.25) is 4.90 Å². The minimum Gasteiger partial charge on any atom is -0.367 e. The number of benzene rings is 1. The van der Waals surface area contributed by atoms with E-state index < -0.39 is 11.7 Å². The highest BCUT2D eigenvalue weighted by Crippen LogP contribution is 2.53. The summed E-state index contributed by atoms with van der Waals surface area (Å²) < 4.78 is 39.7. The van der Waals surface area contributed by atoms with Gasteiger partial charge in [-0.25, -0.2) is 4.98 Å². The molecule has 28 heavy (non-hydrogen) atoms. The van der Waals surface area contributed by atoms with Gasteiger partial charge in [-0.1, -0.05) is 13.0 Å². The lowest BCUT2D eigenvalue weighted by Crippen LogP contribution is -2.18. The van der Waals surface area contributed by atoms with Crippen molar-refractivity contribution in [2.24, 2.45) is 0 Å². The fourth-order valence-electron chi connectivity index (χ4n) is 4.53. The summed E-state index contributed by atoms with van der Waals surface area (Å²) in [6.45, 7) is 3.20. The third kappa shape index (κ3) is 2.99. The van der Waals surface area contributed by atoms with Crippen molar-refractivity contribution in [3.63, 3.8) is 0 Å². The van der Waals surface area contributed by atoms with E-state index in [0.717, 1.165) is 37.7 Å². The van der Waals surface area contributed by atoms with Crippen LogP contribution in [0.1, 0.15) is 61.4 Å². The van der Waals surface area contributed by atoms with Gasteiger partial charge in [-0.15, -0.1) is 0 Å². The van der Waals surface area contributed by atoms with Crippen LogP contribution in [-0.4, -0.2) is 27.5 Å². The molecule has 2 bridgehead atoms. The first-order valence-corrected chi connectivity index (χ1v) is 9.81.